The lowest BCUT2D eigenvalue weighted by Crippen LogP contribution is -1.93. The molecule has 0 spiro atoms. The Balaban J connectivity index is 2.27. The average Bonchev–Trinajstić information content (AvgIpc) is 2.39. The van der Waals surface area contributed by atoms with Gasteiger partial charge in [0.25, 0.3) is 0 Å². The van der Waals surface area contributed by atoms with Crippen LogP contribution < -0.4 is 0 Å². The molecule has 0 aromatic heterocycles. The van der Waals surface area contributed by atoms with Crippen LogP contribution in [0.3, 0.4) is 0 Å². The van der Waals surface area contributed by atoms with Gasteiger partial charge in [-0.1, -0.05) is 54.6 Å². The molecule has 2 aromatic rings. The van der Waals surface area contributed by atoms with Crippen molar-refractivity contribution in [1.82, 2.24) is 0 Å². The third-order valence-corrected chi connectivity index (χ3v) is 2.96. The Hall–Kier alpha value is -1.60. The van der Waals surface area contributed by atoms with Crippen LogP contribution in [0.5, 0.6) is 0 Å². The number of hydrogen-bond donors (Lipinski definition) is 0. The minimum atomic E-state index is -0.165. The zero-order valence-corrected chi connectivity index (χ0v) is 9.39. The first kappa shape index (κ1) is 10.9. The Morgan fingerprint density at radius 3 is 2.00 bits per heavy atom. The van der Waals surface area contributed by atoms with Crippen LogP contribution in [0.25, 0.3) is 0 Å². The molecular weight excluding hydrogens is 220 g/mol. The van der Waals surface area contributed by atoms with Gasteiger partial charge in [-0.25, -0.2) is 0 Å². The first-order valence-electron chi connectivity index (χ1n) is 5.05. The van der Waals surface area contributed by atoms with E-state index >= 15 is 0 Å². The maximum atomic E-state index is 10.5. The van der Waals surface area contributed by atoms with Gasteiger partial charge in [-0.15, -0.1) is 11.6 Å². The highest BCUT2D eigenvalue weighted by molar-refractivity contribution is 6.22. The van der Waals surface area contributed by atoms with E-state index in [2.05, 4.69) is 0 Å². The van der Waals surface area contributed by atoms with Crippen LogP contribution in [-0.2, 0) is 0 Å². The lowest BCUT2D eigenvalue weighted by Gasteiger charge is -2.09. The average molecular weight is 231 g/mol. The smallest absolute Gasteiger partial charge is 0.150 e. The van der Waals surface area contributed by atoms with E-state index in [4.69, 9.17) is 11.6 Å². The van der Waals surface area contributed by atoms with Crippen molar-refractivity contribution in [2.24, 2.45) is 0 Å². The van der Waals surface area contributed by atoms with Gasteiger partial charge in [0, 0.05) is 5.56 Å². The van der Waals surface area contributed by atoms with Gasteiger partial charge in [0.15, 0.2) is 0 Å². The summed E-state index contributed by atoms with van der Waals surface area (Å²) in [5.74, 6) is 0. The second-order valence-electron chi connectivity index (χ2n) is 3.56. The minimum absolute atomic E-state index is 0.165. The van der Waals surface area contributed by atoms with Crippen molar-refractivity contribution in [2.75, 3.05) is 0 Å². The highest BCUT2D eigenvalue weighted by Crippen LogP contribution is 2.28. The number of alkyl halides is 1. The van der Waals surface area contributed by atoms with E-state index in [-0.39, 0.29) is 5.38 Å². The Labute approximate surface area is 99.7 Å². The fourth-order valence-electron chi connectivity index (χ4n) is 1.56. The summed E-state index contributed by atoms with van der Waals surface area (Å²) < 4.78 is 0. The molecule has 0 saturated carbocycles. The molecule has 1 atom stereocenters. The van der Waals surface area contributed by atoms with Gasteiger partial charge < -0.3 is 0 Å². The maximum Gasteiger partial charge on any atom is 0.150 e. The first-order chi connectivity index (χ1) is 7.81. The summed E-state index contributed by atoms with van der Waals surface area (Å²) in [6.07, 6.45) is 0.829. The standard InChI is InChI=1S/C14H11ClO/c15-14(12-4-2-1-3-5-12)13-8-6-11(10-16)7-9-13/h1-10,14H. The lowest BCUT2D eigenvalue weighted by molar-refractivity contribution is 0.112. The molecule has 1 unspecified atom stereocenters. The Bertz CT molecular complexity index is 462. The van der Waals surface area contributed by atoms with Gasteiger partial charge in [-0.2, -0.15) is 0 Å². The Morgan fingerprint density at radius 2 is 1.44 bits per heavy atom. The summed E-state index contributed by atoms with van der Waals surface area (Å²) in [4.78, 5) is 10.5. The van der Waals surface area contributed by atoms with Crippen LogP contribution in [0.15, 0.2) is 54.6 Å². The van der Waals surface area contributed by atoms with E-state index in [0.29, 0.717) is 5.56 Å². The topological polar surface area (TPSA) is 17.1 Å². The number of hydrogen-bond acceptors (Lipinski definition) is 1. The fourth-order valence-corrected chi connectivity index (χ4v) is 1.85. The number of aldehydes is 1. The van der Waals surface area contributed by atoms with Crippen molar-refractivity contribution in [2.45, 2.75) is 5.38 Å². The third kappa shape index (κ3) is 2.31. The summed E-state index contributed by atoms with van der Waals surface area (Å²) in [6, 6.07) is 17.2. The van der Waals surface area contributed by atoms with Gasteiger partial charge in [-0.3, -0.25) is 4.79 Å². The minimum Gasteiger partial charge on any atom is -0.298 e. The molecule has 0 N–H and O–H groups in total. The van der Waals surface area contributed by atoms with E-state index < -0.39 is 0 Å². The first-order valence-corrected chi connectivity index (χ1v) is 5.49. The Kier molecular flexibility index (Phi) is 3.37. The van der Waals surface area contributed by atoms with Gasteiger partial charge in [0.1, 0.15) is 6.29 Å². The number of carbonyl (C=O) groups excluding carboxylic acids is 1. The van der Waals surface area contributed by atoms with Crippen molar-refractivity contribution in [1.29, 1.82) is 0 Å². The summed E-state index contributed by atoms with van der Waals surface area (Å²) in [5, 5.41) is -0.165. The summed E-state index contributed by atoms with van der Waals surface area (Å²) in [6.45, 7) is 0. The lowest BCUT2D eigenvalue weighted by atomic mass is 10.0. The van der Waals surface area contributed by atoms with E-state index in [1.165, 1.54) is 0 Å². The fraction of sp³-hybridized carbons (Fsp3) is 0.0714. The number of rotatable bonds is 3. The molecule has 0 saturated heterocycles. The van der Waals surface area contributed by atoms with Crippen LogP contribution in [0.1, 0.15) is 26.9 Å². The van der Waals surface area contributed by atoms with Crippen molar-refractivity contribution in [3.05, 3.63) is 71.3 Å². The highest BCUT2D eigenvalue weighted by Gasteiger charge is 2.09. The number of carbonyl (C=O) groups is 1. The Morgan fingerprint density at radius 1 is 0.875 bits per heavy atom. The van der Waals surface area contributed by atoms with Crippen LogP contribution in [0.2, 0.25) is 0 Å². The molecule has 0 aliphatic heterocycles. The maximum absolute atomic E-state index is 10.5. The van der Waals surface area contributed by atoms with E-state index in [1.807, 2.05) is 42.5 Å². The van der Waals surface area contributed by atoms with Crippen LogP contribution in [0, 0.1) is 0 Å². The summed E-state index contributed by atoms with van der Waals surface area (Å²) >= 11 is 6.34. The van der Waals surface area contributed by atoms with Gasteiger partial charge in [0.05, 0.1) is 5.38 Å². The van der Waals surface area contributed by atoms with Crippen molar-refractivity contribution in [3.8, 4) is 0 Å². The molecule has 0 amide bonds. The highest BCUT2D eigenvalue weighted by atomic mass is 35.5. The normalized spacial score (nSPS) is 12.1. The molecule has 0 radical (unpaired) electrons. The molecule has 0 bridgehead atoms. The molecule has 2 rings (SSSR count). The molecule has 16 heavy (non-hydrogen) atoms. The summed E-state index contributed by atoms with van der Waals surface area (Å²) in [5.41, 5.74) is 2.72. The van der Waals surface area contributed by atoms with E-state index in [0.717, 1.165) is 17.4 Å². The van der Waals surface area contributed by atoms with Crippen molar-refractivity contribution >= 4 is 17.9 Å². The molecule has 0 aliphatic rings. The van der Waals surface area contributed by atoms with Gasteiger partial charge in [-0.05, 0) is 11.1 Å². The summed E-state index contributed by atoms with van der Waals surface area (Å²) in [7, 11) is 0. The molecular formula is C14H11ClO. The largest absolute Gasteiger partial charge is 0.298 e. The number of halogens is 1. The predicted octanol–water partition coefficient (Wildman–Crippen LogP) is 3.83. The molecule has 0 heterocycles. The van der Waals surface area contributed by atoms with Gasteiger partial charge in [0.2, 0.25) is 0 Å². The van der Waals surface area contributed by atoms with Crippen LogP contribution >= 0.6 is 11.6 Å². The quantitative estimate of drug-likeness (QED) is 0.579. The van der Waals surface area contributed by atoms with Crippen LogP contribution in [-0.4, -0.2) is 6.29 Å². The van der Waals surface area contributed by atoms with Crippen LogP contribution in [0.4, 0.5) is 0 Å². The molecule has 2 aromatic carbocycles. The molecule has 0 aliphatic carbocycles. The monoisotopic (exact) mass is 230 g/mol. The van der Waals surface area contributed by atoms with E-state index in [9.17, 15) is 4.79 Å². The van der Waals surface area contributed by atoms with Crippen molar-refractivity contribution in [3.63, 3.8) is 0 Å². The molecule has 1 nitrogen and oxygen atoms in total. The zero-order valence-electron chi connectivity index (χ0n) is 8.64. The predicted molar refractivity (Wildman–Crippen MR) is 66.0 cm³/mol. The SMILES string of the molecule is O=Cc1ccc(C(Cl)c2ccccc2)cc1. The number of benzene rings is 2. The van der Waals surface area contributed by atoms with E-state index in [1.54, 1.807) is 12.1 Å². The molecule has 80 valence electrons. The zero-order chi connectivity index (χ0) is 11.4. The molecule has 0 fully saturated rings. The third-order valence-electron chi connectivity index (χ3n) is 2.46. The van der Waals surface area contributed by atoms with Crippen molar-refractivity contribution < 1.29 is 4.79 Å². The van der Waals surface area contributed by atoms with Gasteiger partial charge >= 0.3 is 0 Å². The second-order valence-corrected chi connectivity index (χ2v) is 3.99. The molecule has 2 heteroatoms. The second kappa shape index (κ2) is 4.95.